The number of halogens is 2. The van der Waals surface area contributed by atoms with E-state index in [1.54, 1.807) is 0 Å². The minimum atomic E-state index is -5.60. The van der Waals surface area contributed by atoms with Crippen molar-refractivity contribution in [3.8, 4) is 0 Å². The molecule has 0 radical (unpaired) electrons. The van der Waals surface area contributed by atoms with Crippen molar-refractivity contribution < 1.29 is 40.8 Å². The van der Waals surface area contributed by atoms with Gasteiger partial charge < -0.3 is 14.2 Å². The SMILES string of the molecule is O=C(OCC(F)(F)S(=O)(=O)O)C1CC2CCC(OCC3CO3)CC2C1. The summed E-state index contributed by atoms with van der Waals surface area (Å²) in [5.74, 6) is -0.741. The predicted molar refractivity (Wildman–Crippen MR) is 80.5 cm³/mol. The number of hydrogen-bond acceptors (Lipinski definition) is 6. The molecule has 1 saturated heterocycles. The Labute approximate surface area is 144 Å². The van der Waals surface area contributed by atoms with Crippen LogP contribution < -0.4 is 0 Å². The monoisotopic (exact) mass is 384 g/mol. The molecule has 0 aromatic rings. The number of epoxide rings is 1. The number of fused-ring (bicyclic) bond motifs is 1. The van der Waals surface area contributed by atoms with E-state index in [-0.39, 0.29) is 18.1 Å². The molecule has 0 aromatic carbocycles. The summed E-state index contributed by atoms with van der Waals surface area (Å²) < 4.78 is 71.1. The highest BCUT2D eigenvalue weighted by molar-refractivity contribution is 7.86. The van der Waals surface area contributed by atoms with E-state index >= 15 is 0 Å². The van der Waals surface area contributed by atoms with Gasteiger partial charge in [-0.2, -0.15) is 17.2 Å². The highest BCUT2D eigenvalue weighted by Gasteiger charge is 2.47. The van der Waals surface area contributed by atoms with Crippen LogP contribution in [0.15, 0.2) is 0 Å². The van der Waals surface area contributed by atoms with Crippen LogP contribution in [0.3, 0.4) is 0 Å². The molecule has 0 spiro atoms. The fourth-order valence-corrected chi connectivity index (χ4v) is 4.02. The molecule has 1 heterocycles. The zero-order chi connectivity index (χ0) is 18.2. The third-order valence-electron chi connectivity index (χ3n) is 5.28. The normalized spacial score (nSPS) is 35.2. The summed E-state index contributed by atoms with van der Waals surface area (Å²) >= 11 is 0. The predicted octanol–water partition coefficient (Wildman–Crippen LogP) is 1.62. The van der Waals surface area contributed by atoms with Gasteiger partial charge in [-0.3, -0.25) is 9.35 Å². The van der Waals surface area contributed by atoms with E-state index in [2.05, 4.69) is 4.74 Å². The van der Waals surface area contributed by atoms with Crippen LogP contribution in [0.25, 0.3) is 0 Å². The summed E-state index contributed by atoms with van der Waals surface area (Å²) in [5, 5.41) is -4.49. The van der Waals surface area contributed by atoms with E-state index in [0.29, 0.717) is 25.4 Å². The van der Waals surface area contributed by atoms with Crippen molar-refractivity contribution in [2.75, 3.05) is 19.8 Å². The van der Waals surface area contributed by atoms with Crippen molar-refractivity contribution in [3.05, 3.63) is 0 Å². The summed E-state index contributed by atoms with van der Waals surface area (Å²) in [6, 6.07) is 0. The molecule has 3 rings (SSSR count). The number of rotatable bonds is 7. The molecular formula is C15H22F2O7S. The Morgan fingerprint density at radius 2 is 1.88 bits per heavy atom. The van der Waals surface area contributed by atoms with E-state index in [0.717, 1.165) is 25.9 Å². The van der Waals surface area contributed by atoms with E-state index in [1.165, 1.54) is 0 Å². The molecule has 0 bridgehead atoms. The third-order valence-corrected chi connectivity index (χ3v) is 6.15. The quantitative estimate of drug-likeness (QED) is 0.404. The Kier molecular flexibility index (Phi) is 5.34. The number of esters is 1. The molecule has 5 unspecified atom stereocenters. The molecule has 1 aliphatic heterocycles. The average molecular weight is 384 g/mol. The Balaban J connectivity index is 1.46. The molecule has 3 aliphatic rings. The van der Waals surface area contributed by atoms with E-state index in [1.807, 2.05) is 0 Å². The highest BCUT2D eigenvalue weighted by atomic mass is 32.2. The van der Waals surface area contributed by atoms with Crippen LogP contribution in [0.4, 0.5) is 8.78 Å². The molecule has 2 aliphatic carbocycles. The van der Waals surface area contributed by atoms with Gasteiger partial charge in [-0.15, -0.1) is 0 Å². The fourth-order valence-electron chi connectivity index (χ4n) is 3.81. The molecular weight excluding hydrogens is 362 g/mol. The second-order valence-electron chi connectivity index (χ2n) is 7.13. The van der Waals surface area contributed by atoms with E-state index in [9.17, 15) is 22.0 Å². The van der Waals surface area contributed by atoms with Crippen LogP contribution in [0.5, 0.6) is 0 Å². The second-order valence-corrected chi connectivity index (χ2v) is 8.68. The van der Waals surface area contributed by atoms with Crippen molar-refractivity contribution in [1.82, 2.24) is 0 Å². The molecule has 144 valence electrons. The van der Waals surface area contributed by atoms with Crippen molar-refractivity contribution >= 4 is 16.1 Å². The zero-order valence-electron chi connectivity index (χ0n) is 13.6. The molecule has 0 aromatic heterocycles. The van der Waals surface area contributed by atoms with Crippen molar-refractivity contribution in [2.24, 2.45) is 17.8 Å². The van der Waals surface area contributed by atoms with Gasteiger partial charge in [-0.05, 0) is 43.9 Å². The van der Waals surface area contributed by atoms with Crippen LogP contribution >= 0.6 is 0 Å². The van der Waals surface area contributed by atoms with Gasteiger partial charge in [0.1, 0.15) is 6.10 Å². The number of alkyl halides is 2. The summed E-state index contributed by atoms with van der Waals surface area (Å²) in [7, 11) is -5.60. The Morgan fingerprint density at radius 1 is 1.20 bits per heavy atom. The molecule has 1 N–H and O–H groups in total. The first-order valence-corrected chi connectivity index (χ1v) is 9.84. The number of carbonyl (C=O) groups excluding carboxylic acids is 1. The second kappa shape index (κ2) is 7.05. The first kappa shape index (κ1) is 18.9. The number of hydrogen-bond donors (Lipinski definition) is 1. The minimum Gasteiger partial charge on any atom is -0.458 e. The van der Waals surface area contributed by atoms with Crippen LogP contribution in [0, 0.1) is 17.8 Å². The Hall–Kier alpha value is -0.840. The Morgan fingerprint density at radius 3 is 2.52 bits per heavy atom. The van der Waals surface area contributed by atoms with Crippen LogP contribution in [0.1, 0.15) is 32.1 Å². The zero-order valence-corrected chi connectivity index (χ0v) is 14.4. The van der Waals surface area contributed by atoms with Crippen molar-refractivity contribution in [2.45, 2.75) is 49.6 Å². The maximum atomic E-state index is 13.1. The molecule has 3 fully saturated rings. The van der Waals surface area contributed by atoms with Gasteiger partial charge in [0.2, 0.25) is 0 Å². The van der Waals surface area contributed by atoms with Gasteiger partial charge in [0.25, 0.3) is 0 Å². The molecule has 0 amide bonds. The van der Waals surface area contributed by atoms with Gasteiger partial charge in [-0.25, -0.2) is 0 Å². The molecule has 2 saturated carbocycles. The summed E-state index contributed by atoms with van der Waals surface area (Å²) in [5.41, 5.74) is 0. The van der Waals surface area contributed by atoms with Gasteiger partial charge in [0.15, 0.2) is 6.61 Å². The van der Waals surface area contributed by atoms with Gasteiger partial charge in [0, 0.05) is 0 Å². The van der Waals surface area contributed by atoms with E-state index < -0.39 is 33.9 Å². The summed E-state index contributed by atoms with van der Waals surface area (Å²) in [6.07, 6.45) is 4.04. The Bertz CT molecular complexity index is 605. The van der Waals surface area contributed by atoms with Crippen LogP contribution in [-0.2, 0) is 29.1 Å². The standard InChI is InChI=1S/C15H22F2O7S/c16-15(17,25(19,20)21)8-24-14(18)11-3-9-1-2-12(5-10(9)4-11)22-6-13-7-23-13/h9-13H,1-8H2,(H,19,20,21). The van der Waals surface area contributed by atoms with Gasteiger partial charge in [-0.1, -0.05) is 0 Å². The lowest BCUT2D eigenvalue weighted by Crippen LogP contribution is -2.35. The highest BCUT2D eigenvalue weighted by Crippen LogP contribution is 2.46. The number of carbonyl (C=O) groups is 1. The lowest BCUT2D eigenvalue weighted by Gasteiger charge is -2.31. The van der Waals surface area contributed by atoms with Gasteiger partial charge in [0.05, 0.1) is 25.2 Å². The maximum Gasteiger partial charge on any atom is 0.402 e. The summed E-state index contributed by atoms with van der Waals surface area (Å²) in [6.45, 7) is -0.344. The third kappa shape index (κ3) is 4.66. The largest absolute Gasteiger partial charge is 0.458 e. The van der Waals surface area contributed by atoms with Crippen LogP contribution in [-0.4, -0.2) is 56.2 Å². The minimum absolute atomic E-state index is 0.129. The lowest BCUT2D eigenvalue weighted by atomic mass is 9.80. The van der Waals surface area contributed by atoms with Crippen molar-refractivity contribution in [3.63, 3.8) is 0 Å². The smallest absolute Gasteiger partial charge is 0.402 e. The first-order chi connectivity index (χ1) is 11.7. The van der Waals surface area contributed by atoms with Crippen LogP contribution in [0.2, 0.25) is 0 Å². The summed E-state index contributed by atoms with van der Waals surface area (Å²) in [4.78, 5) is 12.0. The molecule has 7 nitrogen and oxygen atoms in total. The fraction of sp³-hybridized carbons (Fsp3) is 0.933. The maximum absolute atomic E-state index is 13.1. The van der Waals surface area contributed by atoms with E-state index in [4.69, 9.17) is 14.0 Å². The van der Waals surface area contributed by atoms with Crippen molar-refractivity contribution in [1.29, 1.82) is 0 Å². The average Bonchev–Trinajstić information content (AvgIpc) is 3.26. The topological polar surface area (TPSA) is 102 Å². The lowest BCUT2D eigenvalue weighted by molar-refractivity contribution is -0.154. The number of ether oxygens (including phenoxy) is 3. The molecule has 5 atom stereocenters. The molecule has 10 heteroatoms. The molecule has 25 heavy (non-hydrogen) atoms. The first-order valence-electron chi connectivity index (χ1n) is 8.40. The van der Waals surface area contributed by atoms with Gasteiger partial charge >= 0.3 is 21.3 Å².